The Balaban J connectivity index is 3.07. The molecule has 0 aromatic rings. The number of halogens is 5. The molecule has 8 heteroatoms. The van der Waals surface area contributed by atoms with E-state index in [2.05, 4.69) is 0 Å². The second kappa shape index (κ2) is 3.03. The molecule has 0 saturated heterocycles. The van der Waals surface area contributed by atoms with Gasteiger partial charge in [0.2, 0.25) is 0 Å². The van der Waals surface area contributed by atoms with Crippen LogP contribution < -0.4 is 0 Å². The SMILES string of the molecule is O=C(O)C1(C(F)(F)C(F)(F)F)CC(O)C1. The maximum absolute atomic E-state index is 12.8. The quantitative estimate of drug-likeness (QED) is 0.710. The van der Waals surface area contributed by atoms with Crippen LogP contribution in [-0.4, -0.2) is 34.4 Å². The summed E-state index contributed by atoms with van der Waals surface area (Å²) in [6.45, 7) is 0. The first-order valence-corrected chi connectivity index (χ1v) is 3.90. The van der Waals surface area contributed by atoms with Gasteiger partial charge in [-0.25, -0.2) is 0 Å². The van der Waals surface area contributed by atoms with E-state index in [4.69, 9.17) is 10.2 Å². The van der Waals surface area contributed by atoms with E-state index in [0.717, 1.165) is 0 Å². The molecular formula is C7H7F5O3. The summed E-state index contributed by atoms with van der Waals surface area (Å²) in [7, 11) is 0. The highest BCUT2D eigenvalue weighted by Gasteiger charge is 2.76. The summed E-state index contributed by atoms with van der Waals surface area (Å²) in [6, 6.07) is 0. The Hall–Kier alpha value is -0.920. The minimum atomic E-state index is -5.93. The lowest BCUT2D eigenvalue weighted by molar-refractivity contribution is -0.342. The molecule has 0 aromatic carbocycles. The number of carboxylic acids is 1. The molecule has 0 aromatic heterocycles. The van der Waals surface area contributed by atoms with Crippen molar-refractivity contribution < 1.29 is 37.0 Å². The van der Waals surface area contributed by atoms with Gasteiger partial charge in [-0.05, 0) is 12.8 Å². The summed E-state index contributed by atoms with van der Waals surface area (Å²) in [6.07, 6.45) is -9.52. The maximum atomic E-state index is 12.8. The molecule has 3 nitrogen and oxygen atoms in total. The molecule has 0 unspecified atom stereocenters. The molecule has 88 valence electrons. The van der Waals surface area contributed by atoms with E-state index in [9.17, 15) is 26.7 Å². The third-order valence-corrected chi connectivity index (χ3v) is 2.53. The van der Waals surface area contributed by atoms with Gasteiger partial charge in [-0.2, -0.15) is 22.0 Å². The van der Waals surface area contributed by atoms with E-state index >= 15 is 0 Å². The number of aliphatic carboxylic acids is 1. The minimum absolute atomic E-state index is 1.09. The van der Waals surface area contributed by atoms with Gasteiger partial charge in [-0.3, -0.25) is 4.79 Å². The number of alkyl halides is 5. The Morgan fingerprint density at radius 2 is 1.60 bits per heavy atom. The van der Waals surface area contributed by atoms with E-state index in [1.54, 1.807) is 0 Å². The summed E-state index contributed by atoms with van der Waals surface area (Å²) in [5, 5.41) is 17.1. The van der Waals surface area contributed by atoms with Crippen LogP contribution in [0, 0.1) is 5.41 Å². The summed E-state index contributed by atoms with van der Waals surface area (Å²) in [5.74, 6) is -7.57. The van der Waals surface area contributed by atoms with E-state index in [0.29, 0.717) is 0 Å². The fraction of sp³-hybridized carbons (Fsp3) is 0.857. The molecule has 1 fully saturated rings. The van der Waals surface area contributed by atoms with E-state index in [1.807, 2.05) is 0 Å². The molecule has 0 amide bonds. The molecule has 1 saturated carbocycles. The largest absolute Gasteiger partial charge is 0.481 e. The second-order valence-corrected chi connectivity index (χ2v) is 3.52. The van der Waals surface area contributed by atoms with Crippen LogP contribution >= 0.6 is 0 Å². The topological polar surface area (TPSA) is 57.5 Å². The van der Waals surface area contributed by atoms with Crippen molar-refractivity contribution in [1.82, 2.24) is 0 Å². The third-order valence-electron chi connectivity index (χ3n) is 2.53. The van der Waals surface area contributed by atoms with Gasteiger partial charge < -0.3 is 10.2 Å². The predicted octanol–water partition coefficient (Wildman–Crippen LogP) is 1.41. The number of carboxylic acid groups (broad SMARTS) is 1. The molecular weight excluding hydrogens is 227 g/mol. The molecule has 0 atom stereocenters. The van der Waals surface area contributed by atoms with Crippen molar-refractivity contribution in [3.05, 3.63) is 0 Å². The van der Waals surface area contributed by atoms with Gasteiger partial charge >= 0.3 is 18.1 Å². The van der Waals surface area contributed by atoms with Crippen LogP contribution in [0.25, 0.3) is 0 Å². The van der Waals surface area contributed by atoms with E-state index in [1.165, 1.54) is 0 Å². The van der Waals surface area contributed by atoms with Crippen LogP contribution in [0.15, 0.2) is 0 Å². The Bertz CT molecular complexity index is 279. The zero-order valence-corrected chi connectivity index (χ0v) is 7.18. The molecule has 0 heterocycles. The van der Waals surface area contributed by atoms with E-state index < -0.39 is 42.4 Å². The third kappa shape index (κ3) is 1.47. The Morgan fingerprint density at radius 3 is 1.80 bits per heavy atom. The van der Waals surface area contributed by atoms with Gasteiger partial charge in [0.15, 0.2) is 0 Å². The Kier molecular flexibility index (Phi) is 2.46. The van der Waals surface area contributed by atoms with Crippen molar-refractivity contribution in [3.8, 4) is 0 Å². The van der Waals surface area contributed by atoms with Crippen molar-refractivity contribution in [3.63, 3.8) is 0 Å². The number of rotatable bonds is 2. The lowest BCUT2D eigenvalue weighted by Gasteiger charge is -2.46. The summed E-state index contributed by atoms with van der Waals surface area (Å²) >= 11 is 0. The van der Waals surface area contributed by atoms with Crippen LogP contribution in [0.2, 0.25) is 0 Å². The highest BCUT2D eigenvalue weighted by atomic mass is 19.4. The number of hydrogen-bond donors (Lipinski definition) is 2. The zero-order valence-electron chi connectivity index (χ0n) is 7.18. The van der Waals surface area contributed by atoms with Gasteiger partial charge in [0, 0.05) is 0 Å². The molecule has 1 aliphatic carbocycles. The van der Waals surface area contributed by atoms with Crippen LogP contribution in [0.4, 0.5) is 22.0 Å². The molecule has 15 heavy (non-hydrogen) atoms. The van der Waals surface area contributed by atoms with Crippen molar-refractivity contribution in [2.45, 2.75) is 31.0 Å². The lowest BCUT2D eigenvalue weighted by Crippen LogP contribution is -2.63. The van der Waals surface area contributed by atoms with Gasteiger partial charge in [0.25, 0.3) is 0 Å². The molecule has 1 rings (SSSR count). The molecule has 0 spiro atoms. The van der Waals surface area contributed by atoms with E-state index in [-0.39, 0.29) is 0 Å². The van der Waals surface area contributed by atoms with Crippen LogP contribution in [0.5, 0.6) is 0 Å². The van der Waals surface area contributed by atoms with Gasteiger partial charge in [0.1, 0.15) is 5.41 Å². The first kappa shape index (κ1) is 12.2. The number of carbonyl (C=O) groups is 1. The average molecular weight is 234 g/mol. The van der Waals surface area contributed by atoms with Gasteiger partial charge in [0.05, 0.1) is 6.10 Å². The second-order valence-electron chi connectivity index (χ2n) is 3.52. The van der Waals surface area contributed by atoms with Crippen LogP contribution in [0.1, 0.15) is 12.8 Å². The van der Waals surface area contributed by atoms with Crippen LogP contribution in [0.3, 0.4) is 0 Å². The predicted molar refractivity (Wildman–Crippen MR) is 36.3 cm³/mol. The zero-order chi connectivity index (χ0) is 12.1. The molecule has 0 radical (unpaired) electrons. The van der Waals surface area contributed by atoms with Crippen molar-refractivity contribution in [2.75, 3.05) is 0 Å². The highest BCUT2D eigenvalue weighted by molar-refractivity contribution is 5.77. The Labute approximate surface area is 80.5 Å². The number of aliphatic hydroxyl groups excluding tert-OH is 1. The monoisotopic (exact) mass is 234 g/mol. The van der Waals surface area contributed by atoms with Crippen LogP contribution in [-0.2, 0) is 4.79 Å². The highest BCUT2D eigenvalue weighted by Crippen LogP contribution is 2.58. The first-order valence-electron chi connectivity index (χ1n) is 3.90. The molecule has 0 aliphatic heterocycles. The molecule has 2 N–H and O–H groups in total. The van der Waals surface area contributed by atoms with Gasteiger partial charge in [-0.1, -0.05) is 0 Å². The normalized spacial score (nSPS) is 32.3. The Morgan fingerprint density at radius 1 is 1.20 bits per heavy atom. The fourth-order valence-electron chi connectivity index (χ4n) is 1.58. The minimum Gasteiger partial charge on any atom is -0.481 e. The average Bonchev–Trinajstić information content (AvgIpc) is 1.94. The standard InChI is InChI=1S/C7H7F5O3/c8-6(9,7(10,11)12)5(4(14)15)1-3(13)2-5/h3,13H,1-2H2,(H,14,15). The summed E-state index contributed by atoms with van der Waals surface area (Å²) in [4.78, 5) is 10.5. The lowest BCUT2D eigenvalue weighted by atomic mass is 9.62. The summed E-state index contributed by atoms with van der Waals surface area (Å²) in [5.41, 5.74) is -3.22. The van der Waals surface area contributed by atoms with Gasteiger partial charge in [-0.15, -0.1) is 0 Å². The molecule has 1 aliphatic rings. The van der Waals surface area contributed by atoms with Crippen molar-refractivity contribution in [1.29, 1.82) is 0 Å². The summed E-state index contributed by atoms with van der Waals surface area (Å²) < 4.78 is 61.5. The first-order chi connectivity index (χ1) is 6.54. The number of aliphatic hydroxyl groups is 1. The van der Waals surface area contributed by atoms with Crippen molar-refractivity contribution >= 4 is 5.97 Å². The fourth-order valence-corrected chi connectivity index (χ4v) is 1.58. The number of hydrogen-bond acceptors (Lipinski definition) is 2. The molecule has 0 bridgehead atoms. The maximum Gasteiger partial charge on any atom is 0.454 e. The van der Waals surface area contributed by atoms with Crippen molar-refractivity contribution in [2.24, 2.45) is 5.41 Å². The smallest absolute Gasteiger partial charge is 0.454 e.